The second-order valence-corrected chi connectivity index (χ2v) is 6.13. The fourth-order valence-corrected chi connectivity index (χ4v) is 3.22. The van der Waals surface area contributed by atoms with Crippen molar-refractivity contribution in [1.82, 2.24) is 4.41 Å². The molecular formula is C14H14N2O3S. The Morgan fingerprint density at radius 1 is 1.00 bits per heavy atom. The quantitative estimate of drug-likeness (QED) is 0.628. The van der Waals surface area contributed by atoms with Crippen LogP contribution in [0.25, 0.3) is 0 Å². The molecule has 6 heteroatoms. The molecule has 0 heterocycles. The van der Waals surface area contributed by atoms with Crippen molar-refractivity contribution in [3.8, 4) is 0 Å². The molecule has 0 atom stereocenters. The minimum atomic E-state index is -3.93. The van der Waals surface area contributed by atoms with Crippen molar-refractivity contribution >= 4 is 10.0 Å². The second kappa shape index (κ2) is 5.83. The number of hydrogen-bond donors (Lipinski definition) is 0. The van der Waals surface area contributed by atoms with E-state index in [1.54, 1.807) is 49.4 Å². The van der Waals surface area contributed by atoms with Crippen molar-refractivity contribution in [2.75, 3.05) is 0 Å². The number of sulfonamides is 1. The average Bonchev–Trinajstić information content (AvgIpc) is 2.46. The molecule has 0 bridgehead atoms. The van der Waals surface area contributed by atoms with Crippen molar-refractivity contribution in [2.45, 2.75) is 18.4 Å². The van der Waals surface area contributed by atoms with E-state index in [2.05, 4.69) is 5.29 Å². The van der Waals surface area contributed by atoms with Gasteiger partial charge in [0.2, 0.25) is 0 Å². The monoisotopic (exact) mass is 290 g/mol. The van der Waals surface area contributed by atoms with Crippen LogP contribution >= 0.6 is 0 Å². The van der Waals surface area contributed by atoms with E-state index < -0.39 is 10.0 Å². The molecule has 0 aromatic heterocycles. The summed E-state index contributed by atoms with van der Waals surface area (Å²) < 4.78 is 25.4. The van der Waals surface area contributed by atoms with Gasteiger partial charge in [0.15, 0.2) is 0 Å². The summed E-state index contributed by atoms with van der Waals surface area (Å²) in [5.41, 5.74) is 1.28. The zero-order valence-electron chi connectivity index (χ0n) is 10.9. The van der Waals surface area contributed by atoms with Gasteiger partial charge in [-0.1, -0.05) is 48.5 Å². The van der Waals surface area contributed by atoms with Crippen LogP contribution in [0.4, 0.5) is 0 Å². The zero-order chi connectivity index (χ0) is 14.6. The maximum absolute atomic E-state index is 12.4. The first-order valence-electron chi connectivity index (χ1n) is 6.01. The van der Waals surface area contributed by atoms with E-state index in [-0.39, 0.29) is 11.4 Å². The third kappa shape index (κ3) is 2.85. The lowest BCUT2D eigenvalue weighted by Crippen LogP contribution is -2.25. The zero-order valence-corrected chi connectivity index (χ0v) is 11.7. The maximum atomic E-state index is 12.4. The Hall–Kier alpha value is -2.21. The molecule has 20 heavy (non-hydrogen) atoms. The number of nitrogens with zero attached hydrogens (tertiary/aromatic N) is 2. The molecule has 0 aliphatic carbocycles. The first kappa shape index (κ1) is 14.2. The minimum Gasteiger partial charge on any atom is -0.199 e. The topological polar surface area (TPSA) is 66.8 Å². The van der Waals surface area contributed by atoms with Crippen molar-refractivity contribution in [3.05, 3.63) is 70.6 Å². The third-order valence-corrected chi connectivity index (χ3v) is 4.67. The lowest BCUT2D eigenvalue weighted by atomic mass is 10.2. The highest BCUT2D eigenvalue weighted by Gasteiger charge is 2.26. The molecule has 0 spiro atoms. The van der Waals surface area contributed by atoms with Crippen LogP contribution in [-0.4, -0.2) is 12.8 Å². The van der Waals surface area contributed by atoms with Crippen molar-refractivity contribution in [2.24, 2.45) is 5.29 Å². The van der Waals surface area contributed by atoms with Gasteiger partial charge in [-0.3, -0.25) is 0 Å². The second-order valence-electron chi connectivity index (χ2n) is 4.32. The molecule has 5 nitrogen and oxygen atoms in total. The maximum Gasteiger partial charge on any atom is 0.282 e. The Kier molecular flexibility index (Phi) is 4.14. The lowest BCUT2D eigenvalue weighted by molar-refractivity contribution is 0.421. The Morgan fingerprint density at radius 2 is 1.60 bits per heavy atom. The van der Waals surface area contributed by atoms with Crippen molar-refractivity contribution in [1.29, 1.82) is 0 Å². The van der Waals surface area contributed by atoms with E-state index in [4.69, 9.17) is 0 Å². The first-order chi connectivity index (χ1) is 9.55. The van der Waals surface area contributed by atoms with Gasteiger partial charge in [-0.15, -0.1) is 9.32 Å². The molecule has 0 aliphatic heterocycles. The highest BCUT2D eigenvalue weighted by molar-refractivity contribution is 7.89. The normalized spacial score (nSPS) is 11.1. The molecule has 2 aromatic carbocycles. The first-order valence-corrected chi connectivity index (χ1v) is 7.45. The van der Waals surface area contributed by atoms with Gasteiger partial charge in [-0.25, -0.2) is 0 Å². The summed E-state index contributed by atoms with van der Waals surface area (Å²) in [6.45, 7) is 1.60. The summed E-state index contributed by atoms with van der Waals surface area (Å²) in [6.07, 6.45) is 0. The SMILES string of the molecule is Cc1ccccc1S(=O)(=O)N(Cc1ccccc1)N=O. The van der Waals surface area contributed by atoms with E-state index in [0.717, 1.165) is 0 Å². The molecule has 0 radical (unpaired) electrons. The van der Waals surface area contributed by atoms with Gasteiger partial charge in [0, 0.05) is 0 Å². The van der Waals surface area contributed by atoms with Crippen molar-refractivity contribution in [3.63, 3.8) is 0 Å². The molecule has 0 aliphatic rings. The fraction of sp³-hybridized carbons (Fsp3) is 0.143. The highest BCUT2D eigenvalue weighted by Crippen LogP contribution is 2.21. The summed E-state index contributed by atoms with van der Waals surface area (Å²) in [4.78, 5) is 11.0. The summed E-state index contributed by atoms with van der Waals surface area (Å²) >= 11 is 0. The number of aryl methyl sites for hydroxylation is 1. The van der Waals surface area contributed by atoms with Gasteiger partial charge in [0.1, 0.15) is 0 Å². The highest BCUT2D eigenvalue weighted by atomic mass is 32.2. The van der Waals surface area contributed by atoms with Crippen LogP contribution in [0.15, 0.2) is 64.8 Å². The molecule has 0 saturated heterocycles. The molecule has 0 amide bonds. The Balaban J connectivity index is 2.36. The molecule has 2 aromatic rings. The standard InChI is InChI=1S/C14H14N2O3S/c1-12-7-5-6-10-14(12)20(18,19)16(15-17)11-13-8-3-2-4-9-13/h2-10H,11H2,1H3. The average molecular weight is 290 g/mol. The van der Waals surface area contributed by atoms with E-state index in [9.17, 15) is 13.3 Å². The third-order valence-electron chi connectivity index (χ3n) is 2.90. The van der Waals surface area contributed by atoms with Crippen molar-refractivity contribution < 1.29 is 8.42 Å². The van der Waals surface area contributed by atoms with Crippen LogP contribution in [0.5, 0.6) is 0 Å². The van der Waals surface area contributed by atoms with Gasteiger partial charge in [0.25, 0.3) is 10.0 Å². The van der Waals surface area contributed by atoms with Gasteiger partial charge < -0.3 is 0 Å². The van der Waals surface area contributed by atoms with E-state index in [0.29, 0.717) is 15.5 Å². The molecule has 104 valence electrons. The van der Waals surface area contributed by atoms with E-state index in [1.807, 2.05) is 6.07 Å². The summed E-state index contributed by atoms with van der Waals surface area (Å²) in [7, 11) is -3.93. The van der Waals surface area contributed by atoms with Crippen LogP contribution in [0.2, 0.25) is 0 Å². The number of rotatable bonds is 5. The van der Waals surface area contributed by atoms with Gasteiger partial charge in [0.05, 0.1) is 16.7 Å². The molecule has 0 N–H and O–H groups in total. The Labute approximate surface area is 117 Å². The number of hydrogen-bond acceptors (Lipinski definition) is 4. The number of benzene rings is 2. The number of nitroso groups, excluding NO2 is 1. The molecule has 2 rings (SSSR count). The van der Waals surface area contributed by atoms with Gasteiger partial charge in [-0.2, -0.15) is 8.42 Å². The van der Waals surface area contributed by atoms with Gasteiger partial charge >= 0.3 is 0 Å². The minimum absolute atomic E-state index is 0.0823. The fourth-order valence-electron chi connectivity index (χ4n) is 1.86. The van der Waals surface area contributed by atoms with E-state index >= 15 is 0 Å². The van der Waals surface area contributed by atoms with Gasteiger partial charge in [-0.05, 0) is 24.1 Å². The summed E-state index contributed by atoms with van der Waals surface area (Å²) in [5.74, 6) is 0. The Bertz CT molecular complexity index is 699. The van der Waals surface area contributed by atoms with Crippen LogP contribution in [0, 0.1) is 11.8 Å². The smallest absolute Gasteiger partial charge is 0.199 e. The largest absolute Gasteiger partial charge is 0.282 e. The molecule has 0 unspecified atom stereocenters. The lowest BCUT2D eigenvalue weighted by Gasteiger charge is -2.16. The van der Waals surface area contributed by atoms with E-state index in [1.165, 1.54) is 6.07 Å². The predicted molar refractivity (Wildman–Crippen MR) is 76.1 cm³/mol. The summed E-state index contributed by atoms with van der Waals surface area (Å²) in [5, 5.41) is 2.67. The Morgan fingerprint density at radius 3 is 2.20 bits per heavy atom. The predicted octanol–water partition coefficient (Wildman–Crippen LogP) is 2.87. The van der Waals surface area contributed by atoms with Crippen LogP contribution in [0.1, 0.15) is 11.1 Å². The molecule has 0 fully saturated rings. The van der Waals surface area contributed by atoms with Crippen LogP contribution in [0.3, 0.4) is 0 Å². The van der Waals surface area contributed by atoms with Crippen LogP contribution < -0.4 is 0 Å². The summed E-state index contributed by atoms with van der Waals surface area (Å²) in [6, 6.07) is 15.4. The van der Waals surface area contributed by atoms with Crippen LogP contribution in [-0.2, 0) is 16.6 Å². The molecular weight excluding hydrogens is 276 g/mol. The molecule has 0 saturated carbocycles.